The van der Waals surface area contributed by atoms with Gasteiger partial charge >= 0.3 is 0 Å². The Hall–Kier alpha value is -1.81. The first-order valence-electron chi connectivity index (χ1n) is 8.52. The molecule has 4 nitrogen and oxygen atoms in total. The SMILES string of the molecule is COCCC[C@@H]1CCCN(C(=O)c2ccc3ccn(C)c3c2)C1. The van der Waals surface area contributed by atoms with E-state index < -0.39 is 0 Å². The number of ether oxygens (including phenoxy) is 1. The fraction of sp³-hybridized carbons (Fsp3) is 0.526. The lowest BCUT2D eigenvalue weighted by Crippen LogP contribution is -2.40. The average molecular weight is 314 g/mol. The Morgan fingerprint density at radius 1 is 1.35 bits per heavy atom. The van der Waals surface area contributed by atoms with Crippen LogP contribution in [0.1, 0.15) is 36.0 Å². The summed E-state index contributed by atoms with van der Waals surface area (Å²) in [5.41, 5.74) is 1.92. The monoisotopic (exact) mass is 314 g/mol. The smallest absolute Gasteiger partial charge is 0.253 e. The number of piperidine rings is 1. The molecule has 1 aliphatic heterocycles. The van der Waals surface area contributed by atoms with Crippen LogP contribution in [0.15, 0.2) is 30.5 Å². The van der Waals surface area contributed by atoms with Crippen molar-refractivity contribution in [1.82, 2.24) is 9.47 Å². The van der Waals surface area contributed by atoms with Crippen LogP contribution in [0.5, 0.6) is 0 Å². The summed E-state index contributed by atoms with van der Waals surface area (Å²) < 4.78 is 7.20. The van der Waals surface area contributed by atoms with Crippen molar-refractivity contribution in [3.63, 3.8) is 0 Å². The van der Waals surface area contributed by atoms with E-state index in [9.17, 15) is 4.79 Å². The second-order valence-electron chi connectivity index (χ2n) is 6.59. The summed E-state index contributed by atoms with van der Waals surface area (Å²) in [4.78, 5) is 14.9. The molecule has 4 heteroatoms. The van der Waals surface area contributed by atoms with E-state index in [1.165, 1.54) is 11.8 Å². The third-order valence-corrected chi connectivity index (χ3v) is 4.90. The Morgan fingerprint density at radius 2 is 2.22 bits per heavy atom. The van der Waals surface area contributed by atoms with Crippen LogP contribution < -0.4 is 0 Å². The third kappa shape index (κ3) is 3.58. The van der Waals surface area contributed by atoms with Crippen molar-refractivity contribution in [1.29, 1.82) is 0 Å². The van der Waals surface area contributed by atoms with Gasteiger partial charge in [0, 0.05) is 51.1 Å². The van der Waals surface area contributed by atoms with E-state index >= 15 is 0 Å². The van der Waals surface area contributed by atoms with Gasteiger partial charge in [-0.2, -0.15) is 0 Å². The predicted molar refractivity (Wildman–Crippen MR) is 92.7 cm³/mol. The molecule has 1 aromatic heterocycles. The Bertz CT molecular complexity index is 677. The maximum absolute atomic E-state index is 12.8. The van der Waals surface area contributed by atoms with Gasteiger partial charge < -0.3 is 14.2 Å². The number of aryl methyl sites for hydroxylation is 1. The van der Waals surface area contributed by atoms with E-state index in [0.29, 0.717) is 5.92 Å². The molecule has 1 atom stereocenters. The molecule has 0 spiro atoms. The molecule has 0 bridgehead atoms. The van der Waals surface area contributed by atoms with Crippen molar-refractivity contribution >= 4 is 16.8 Å². The normalized spacial score (nSPS) is 18.5. The molecule has 2 heterocycles. The number of aromatic nitrogens is 1. The van der Waals surface area contributed by atoms with Crippen molar-refractivity contribution in [2.45, 2.75) is 25.7 Å². The van der Waals surface area contributed by atoms with Gasteiger partial charge in [0.15, 0.2) is 0 Å². The summed E-state index contributed by atoms with van der Waals surface area (Å²) in [6.45, 7) is 2.58. The first-order chi connectivity index (χ1) is 11.2. The average Bonchev–Trinajstić information content (AvgIpc) is 2.95. The molecule has 23 heavy (non-hydrogen) atoms. The number of nitrogens with zero attached hydrogens (tertiary/aromatic N) is 2. The zero-order valence-electron chi connectivity index (χ0n) is 14.1. The number of amides is 1. The van der Waals surface area contributed by atoms with Crippen LogP contribution in [0, 0.1) is 5.92 Å². The van der Waals surface area contributed by atoms with E-state index in [1.807, 2.05) is 36.3 Å². The van der Waals surface area contributed by atoms with Crippen LogP contribution in [0.2, 0.25) is 0 Å². The highest BCUT2D eigenvalue weighted by atomic mass is 16.5. The van der Waals surface area contributed by atoms with Gasteiger partial charge in [-0.3, -0.25) is 4.79 Å². The van der Waals surface area contributed by atoms with Gasteiger partial charge in [0.1, 0.15) is 0 Å². The quantitative estimate of drug-likeness (QED) is 0.792. The molecule has 1 aliphatic rings. The number of likely N-dealkylation sites (tertiary alicyclic amines) is 1. The Kier molecular flexibility index (Phi) is 5.01. The summed E-state index contributed by atoms with van der Waals surface area (Å²) in [5.74, 6) is 0.783. The summed E-state index contributed by atoms with van der Waals surface area (Å²) in [6, 6.07) is 8.10. The molecule has 0 unspecified atom stereocenters. The van der Waals surface area contributed by atoms with Crippen molar-refractivity contribution < 1.29 is 9.53 Å². The van der Waals surface area contributed by atoms with Gasteiger partial charge in [-0.1, -0.05) is 6.07 Å². The lowest BCUT2D eigenvalue weighted by molar-refractivity contribution is 0.0660. The standard InChI is InChI=1S/C19H26N2O2/c1-20-11-9-16-7-8-17(13-18(16)20)19(22)21-10-3-5-15(14-21)6-4-12-23-2/h7-9,11,13,15H,3-6,10,12,14H2,1-2H3/t15-/m0/s1. The number of carbonyl (C=O) groups is 1. The Labute approximate surface area is 138 Å². The van der Waals surface area contributed by atoms with Gasteiger partial charge in [0.2, 0.25) is 0 Å². The minimum Gasteiger partial charge on any atom is -0.385 e. The van der Waals surface area contributed by atoms with Gasteiger partial charge in [0.05, 0.1) is 0 Å². The molecule has 1 fully saturated rings. The van der Waals surface area contributed by atoms with Crippen LogP contribution in [-0.4, -0.2) is 42.2 Å². The highest BCUT2D eigenvalue weighted by Gasteiger charge is 2.24. The van der Waals surface area contributed by atoms with Gasteiger partial charge in [0.25, 0.3) is 5.91 Å². The highest BCUT2D eigenvalue weighted by molar-refractivity contribution is 5.98. The van der Waals surface area contributed by atoms with E-state index in [0.717, 1.165) is 50.0 Å². The minimum absolute atomic E-state index is 0.171. The van der Waals surface area contributed by atoms with Gasteiger partial charge in [-0.25, -0.2) is 0 Å². The molecule has 3 rings (SSSR count). The zero-order valence-corrected chi connectivity index (χ0v) is 14.1. The Morgan fingerprint density at radius 3 is 3.04 bits per heavy atom. The fourth-order valence-corrected chi connectivity index (χ4v) is 3.58. The van der Waals surface area contributed by atoms with Crippen LogP contribution in [0.4, 0.5) is 0 Å². The maximum Gasteiger partial charge on any atom is 0.253 e. The number of fused-ring (bicyclic) bond motifs is 1. The second kappa shape index (κ2) is 7.18. The highest BCUT2D eigenvalue weighted by Crippen LogP contribution is 2.24. The van der Waals surface area contributed by atoms with Crippen molar-refractivity contribution in [2.24, 2.45) is 13.0 Å². The number of methoxy groups -OCH3 is 1. The molecule has 2 aromatic rings. The largest absolute Gasteiger partial charge is 0.385 e. The number of hydrogen-bond acceptors (Lipinski definition) is 2. The van der Waals surface area contributed by atoms with Crippen LogP contribution in [-0.2, 0) is 11.8 Å². The molecule has 124 valence electrons. The van der Waals surface area contributed by atoms with Gasteiger partial charge in [-0.15, -0.1) is 0 Å². The van der Waals surface area contributed by atoms with Crippen LogP contribution >= 0.6 is 0 Å². The minimum atomic E-state index is 0.171. The third-order valence-electron chi connectivity index (χ3n) is 4.90. The van der Waals surface area contributed by atoms with Crippen molar-refractivity contribution in [3.05, 3.63) is 36.0 Å². The summed E-state index contributed by atoms with van der Waals surface area (Å²) >= 11 is 0. The molecule has 0 N–H and O–H groups in total. The first kappa shape index (κ1) is 16.1. The first-order valence-corrected chi connectivity index (χ1v) is 8.52. The predicted octanol–water partition coefficient (Wildman–Crippen LogP) is 3.46. The molecule has 0 saturated carbocycles. The molecule has 1 saturated heterocycles. The summed E-state index contributed by atoms with van der Waals surface area (Å²) in [7, 11) is 3.76. The van der Waals surface area contributed by atoms with Gasteiger partial charge in [-0.05, 0) is 55.2 Å². The van der Waals surface area contributed by atoms with Crippen molar-refractivity contribution in [2.75, 3.05) is 26.8 Å². The van der Waals surface area contributed by atoms with E-state index in [2.05, 4.69) is 10.6 Å². The molecule has 0 aliphatic carbocycles. The number of rotatable bonds is 5. The fourth-order valence-electron chi connectivity index (χ4n) is 3.58. The summed E-state index contributed by atoms with van der Waals surface area (Å²) in [6.07, 6.45) is 6.60. The molecule has 1 aromatic carbocycles. The lowest BCUT2D eigenvalue weighted by atomic mass is 9.93. The summed E-state index contributed by atoms with van der Waals surface area (Å²) in [5, 5.41) is 1.18. The number of benzene rings is 1. The van der Waals surface area contributed by atoms with E-state index in [4.69, 9.17) is 4.74 Å². The van der Waals surface area contributed by atoms with Crippen molar-refractivity contribution in [3.8, 4) is 0 Å². The van der Waals surface area contributed by atoms with E-state index in [-0.39, 0.29) is 5.91 Å². The molecule has 1 amide bonds. The second-order valence-corrected chi connectivity index (χ2v) is 6.59. The zero-order chi connectivity index (χ0) is 16.2. The Balaban J connectivity index is 1.69. The maximum atomic E-state index is 12.8. The molecule has 0 radical (unpaired) electrons. The van der Waals surface area contributed by atoms with E-state index in [1.54, 1.807) is 7.11 Å². The number of carbonyl (C=O) groups excluding carboxylic acids is 1. The molecular formula is C19H26N2O2. The number of hydrogen-bond donors (Lipinski definition) is 0. The topological polar surface area (TPSA) is 34.5 Å². The van der Waals surface area contributed by atoms with Crippen LogP contribution in [0.25, 0.3) is 10.9 Å². The molecular weight excluding hydrogens is 288 g/mol. The van der Waals surface area contributed by atoms with Crippen LogP contribution in [0.3, 0.4) is 0 Å². The lowest BCUT2D eigenvalue weighted by Gasteiger charge is -2.33.